The molecule has 1 fully saturated rings. The van der Waals surface area contributed by atoms with Crippen LogP contribution in [-0.4, -0.2) is 23.4 Å². The van der Waals surface area contributed by atoms with E-state index in [-0.39, 0.29) is 18.4 Å². The van der Waals surface area contributed by atoms with Crippen molar-refractivity contribution in [3.63, 3.8) is 0 Å². The van der Waals surface area contributed by atoms with E-state index in [0.717, 1.165) is 19.3 Å². The molecule has 0 heterocycles. The minimum Gasteiger partial charge on any atom is -0.370 e. The highest BCUT2D eigenvalue weighted by Gasteiger charge is 2.41. The zero-order valence-electron chi connectivity index (χ0n) is 10.7. The molecule has 18 heavy (non-hydrogen) atoms. The van der Waals surface area contributed by atoms with E-state index in [1.165, 1.54) is 0 Å². The first-order chi connectivity index (χ1) is 8.35. The van der Waals surface area contributed by atoms with Crippen LogP contribution in [0.2, 0.25) is 0 Å². The Bertz CT molecular complexity index is 321. The molecule has 1 saturated carbocycles. The number of carbonyl (C=O) groups is 2. The summed E-state index contributed by atoms with van der Waals surface area (Å²) in [7, 11) is 0. The minimum atomic E-state index is -0.624. The van der Waals surface area contributed by atoms with Crippen LogP contribution in [0.15, 0.2) is 0 Å². The lowest BCUT2D eigenvalue weighted by molar-refractivity contribution is -0.125. The number of carbonyl (C=O) groups excluding carboxylic acids is 2. The molecule has 1 aliphatic carbocycles. The molecule has 0 aromatic rings. The van der Waals surface area contributed by atoms with Crippen LogP contribution in [0.3, 0.4) is 0 Å². The molecule has 3 unspecified atom stereocenters. The minimum absolute atomic E-state index is 0.0294. The zero-order valence-corrected chi connectivity index (χ0v) is 10.7. The van der Waals surface area contributed by atoms with Gasteiger partial charge >= 0.3 is 0 Å². The fourth-order valence-electron chi connectivity index (χ4n) is 2.90. The maximum atomic E-state index is 11.6. The molecule has 3 atom stereocenters. The number of rotatable bonds is 6. The third kappa shape index (κ3) is 3.96. The van der Waals surface area contributed by atoms with Crippen molar-refractivity contribution in [3.8, 4) is 0 Å². The van der Waals surface area contributed by atoms with Crippen molar-refractivity contribution in [2.24, 2.45) is 28.9 Å². The van der Waals surface area contributed by atoms with E-state index in [4.69, 9.17) is 22.9 Å². The highest BCUT2D eigenvalue weighted by Crippen LogP contribution is 2.34. The van der Waals surface area contributed by atoms with Crippen LogP contribution in [0.5, 0.6) is 0 Å². The molecule has 1 aliphatic rings. The van der Waals surface area contributed by atoms with E-state index in [0.29, 0.717) is 19.3 Å². The zero-order chi connectivity index (χ0) is 13.8. The fraction of sp³-hybridized carbons (Fsp3) is 0.833. The molecular formula is C12H24N4O2. The van der Waals surface area contributed by atoms with Crippen molar-refractivity contribution in [1.82, 2.24) is 0 Å². The highest BCUT2D eigenvalue weighted by molar-refractivity contribution is 5.78. The van der Waals surface area contributed by atoms with Gasteiger partial charge in [0.25, 0.3) is 0 Å². The molecule has 0 aromatic carbocycles. The average molecular weight is 256 g/mol. The van der Waals surface area contributed by atoms with Gasteiger partial charge in [-0.25, -0.2) is 0 Å². The summed E-state index contributed by atoms with van der Waals surface area (Å²) in [5.74, 6) is -1.20. The molecular weight excluding hydrogens is 232 g/mol. The number of hydrogen-bond acceptors (Lipinski definition) is 4. The van der Waals surface area contributed by atoms with Crippen molar-refractivity contribution in [2.75, 3.05) is 0 Å². The molecule has 0 aliphatic heterocycles. The predicted molar refractivity (Wildman–Crippen MR) is 69.1 cm³/mol. The van der Waals surface area contributed by atoms with E-state index in [1.54, 1.807) is 0 Å². The molecule has 0 bridgehead atoms. The van der Waals surface area contributed by atoms with Crippen LogP contribution in [0, 0.1) is 5.92 Å². The third-order valence-corrected chi connectivity index (χ3v) is 3.81. The van der Waals surface area contributed by atoms with Crippen molar-refractivity contribution in [3.05, 3.63) is 0 Å². The lowest BCUT2D eigenvalue weighted by Crippen LogP contribution is -2.57. The summed E-state index contributed by atoms with van der Waals surface area (Å²) in [6, 6.07) is 0.0294. The Morgan fingerprint density at radius 2 is 2.00 bits per heavy atom. The summed E-state index contributed by atoms with van der Waals surface area (Å²) in [5.41, 5.74) is 22.1. The first-order valence-corrected chi connectivity index (χ1v) is 6.47. The van der Waals surface area contributed by atoms with Crippen LogP contribution in [0.1, 0.15) is 44.9 Å². The number of nitrogens with two attached hydrogens (primary N) is 4. The van der Waals surface area contributed by atoms with Gasteiger partial charge in [0.1, 0.15) is 0 Å². The molecule has 6 nitrogen and oxygen atoms in total. The van der Waals surface area contributed by atoms with Gasteiger partial charge in [0, 0.05) is 18.0 Å². The summed E-state index contributed by atoms with van der Waals surface area (Å²) in [6.07, 6.45) is 4.51. The second kappa shape index (κ2) is 6.15. The summed E-state index contributed by atoms with van der Waals surface area (Å²) in [5, 5.41) is 0. The van der Waals surface area contributed by atoms with Crippen LogP contribution in [0.4, 0.5) is 0 Å². The molecule has 0 saturated heterocycles. The predicted octanol–water partition coefficient (Wildman–Crippen LogP) is -0.658. The second-order valence-corrected chi connectivity index (χ2v) is 5.40. The number of amides is 2. The SMILES string of the molecule is NC(=O)CCCC(C(N)=O)C1(N)CCCC(N)C1. The maximum Gasteiger partial charge on any atom is 0.222 e. The van der Waals surface area contributed by atoms with Gasteiger partial charge in [0.15, 0.2) is 0 Å². The van der Waals surface area contributed by atoms with Crippen LogP contribution < -0.4 is 22.9 Å². The molecule has 0 spiro atoms. The average Bonchev–Trinajstić information content (AvgIpc) is 2.22. The lowest BCUT2D eigenvalue weighted by Gasteiger charge is -2.41. The van der Waals surface area contributed by atoms with Crippen LogP contribution in [-0.2, 0) is 9.59 Å². The van der Waals surface area contributed by atoms with E-state index < -0.39 is 17.4 Å². The molecule has 1 rings (SSSR count). The number of hydrogen-bond donors (Lipinski definition) is 4. The highest BCUT2D eigenvalue weighted by atomic mass is 16.1. The first-order valence-electron chi connectivity index (χ1n) is 6.47. The summed E-state index contributed by atoms with van der Waals surface area (Å²) >= 11 is 0. The molecule has 6 heteroatoms. The van der Waals surface area contributed by atoms with Gasteiger partial charge < -0.3 is 22.9 Å². The maximum absolute atomic E-state index is 11.6. The number of primary amides is 2. The van der Waals surface area contributed by atoms with Gasteiger partial charge in [0.2, 0.25) is 11.8 Å². The Kier molecular flexibility index (Phi) is 5.10. The van der Waals surface area contributed by atoms with Crippen LogP contribution in [0.25, 0.3) is 0 Å². The van der Waals surface area contributed by atoms with E-state index in [2.05, 4.69) is 0 Å². The molecule has 0 aromatic heterocycles. The third-order valence-electron chi connectivity index (χ3n) is 3.81. The van der Waals surface area contributed by atoms with Gasteiger partial charge in [-0.1, -0.05) is 6.42 Å². The van der Waals surface area contributed by atoms with E-state index in [9.17, 15) is 9.59 Å². The summed E-state index contributed by atoms with van der Waals surface area (Å²) < 4.78 is 0. The Morgan fingerprint density at radius 1 is 1.33 bits per heavy atom. The van der Waals surface area contributed by atoms with Crippen molar-refractivity contribution in [1.29, 1.82) is 0 Å². The van der Waals surface area contributed by atoms with Gasteiger partial charge in [-0.3, -0.25) is 9.59 Å². The first kappa shape index (κ1) is 14.9. The van der Waals surface area contributed by atoms with Gasteiger partial charge in [0.05, 0.1) is 5.92 Å². The normalized spacial score (nSPS) is 29.8. The van der Waals surface area contributed by atoms with E-state index >= 15 is 0 Å². The molecule has 2 amide bonds. The lowest BCUT2D eigenvalue weighted by atomic mass is 9.70. The summed E-state index contributed by atoms with van der Waals surface area (Å²) in [6.45, 7) is 0. The van der Waals surface area contributed by atoms with E-state index in [1.807, 2.05) is 0 Å². The topological polar surface area (TPSA) is 138 Å². The quantitative estimate of drug-likeness (QED) is 0.501. The van der Waals surface area contributed by atoms with Gasteiger partial charge in [-0.15, -0.1) is 0 Å². The van der Waals surface area contributed by atoms with Crippen molar-refractivity contribution < 1.29 is 9.59 Å². The Balaban J connectivity index is 2.64. The fourth-order valence-corrected chi connectivity index (χ4v) is 2.90. The Labute approximate surface area is 107 Å². The van der Waals surface area contributed by atoms with Crippen LogP contribution >= 0.6 is 0 Å². The second-order valence-electron chi connectivity index (χ2n) is 5.40. The van der Waals surface area contributed by atoms with Gasteiger partial charge in [-0.2, -0.15) is 0 Å². The van der Waals surface area contributed by atoms with Crippen molar-refractivity contribution >= 4 is 11.8 Å². The largest absolute Gasteiger partial charge is 0.370 e. The standard InChI is InChI=1S/C12H24N4O2/c13-8-3-2-6-12(16,7-8)9(11(15)18)4-1-5-10(14)17/h8-9H,1-7,13,16H2,(H2,14,17)(H2,15,18). The molecule has 104 valence electrons. The molecule has 8 N–H and O–H groups in total. The molecule has 0 radical (unpaired) electrons. The van der Waals surface area contributed by atoms with Crippen molar-refractivity contribution in [2.45, 2.75) is 56.5 Å². The Hall–Kier alpha value is -1.14. The Morgan fingerprint density at radius 3 is 2.50 bits per heavy atom. The summed E-state index contributed by atoms with van der Waals surface area (Å²) in [4.78, 5) is 22.3. The van der Waals surface area contributed by atoms with Gasteiger partial charge in [-0.05, 0) is 32.1 Å². The smallest absolute Gasteiger partial charge is 0.222 e. The monoisotopic (exact) mass is 256 g/mol.